The quantitative estimate of drug-likeness (QED) is 0.842. The van der Waals surface area contributed by atoms with Crippen molar-refractivity contribution >= 4 is 32.4 Å². The summed E-state index contributed by atoms with van der Waals surface area (Å²) in [6.45, 7) is 4.41. The Morgan fingerprint density at radius 2 is 2.11 bits per heavy atom. The van der Waals surface area contributed by atoms with Crippen LogP contribution in [0.5, 0.6) is 0 Å². The molecule has 0 saturated carbocycles. The number of benzene rings is 1. The Morgan fingerprint density at radius 1 is 1.32 bits per heavy atom. The van der Waals surface area contributed by atoms with Crippen molar-refractivity contribution in [3.05, 3.63) is 39.3 Å². The summed E-state index contributed by atoms with van der Waals surface area (Å²) < 4.78 is 6.95. The normalized spacial score (nSPS) is 19.7. The van der Waals surface area contributed by atoms with Crippen molar-refractivity contribution in [1.82, 2.24) is 10.2 Å². The summed E-state index contributed by atoms with van der Waals surface area (Å²) >= 11 is 5.09. The Hall–Kier alpha value is -0.980. The lowest BCUT2D eigenvalue weighted by molar-refractivity contribution is 0.0397. The molecule has 1 atom stereocenters. The maximum absolute atomic E-state index is 5.86. The van der Waals surface area contributed by atoms with Crippen LogP contribution in [0.2, 0.25) is 0 Å². The van der Waals surface area contributed by atoms with Gasteiger partial charge >= 0.3 is 0 Å². The molecule has 1 unspecified atom stereocenters. The Labute approximate surface area is 124 Å². The molecule has 4 nitrogen and oxygen atoms in total. The van der Waals surface area contributed by atoms with Crippen LogP contribution in [-0.2, 0) is 4.74 Å². The predicted octanol–water partition coefficient (Wildman–Crippen LogP) is 3.19. The molecule has 19 heavy (non-hydrogen) atoms. The van der Waals surface area contributed by atoms with E-state index in [1.54, 1.807) is 11.3 Å². The highest BCUT2D eigenvalue weighted by Gasteiger charge is 2.24. The second-order valence-electron chi connectivity index (χ2n) is 4.46. The Bertz CT molecular complexity index is 557. The lowest BCUT2D eigenvalue weighted by Crippen LogP contribution is -2.38. The van der Waals surface area contributed by atoms with Crippen molar-refractivity contribution in [2.75, 3.05) is 24.6 Å². The Kier molecular flexibility index (Phi) is 3.81. The molecule has 3 rings (SSSR count). The molecule has 1 aliphatic heterocycles. The summed E-state index contributed by atoms with van der Waals surface area (Å²) in [6.07, 6.45) is 0.103. The number of rotatable bonds is 2. The van der Waals surface area contributed by atoms with Gasteiger partial charge in [0.2, 0.25) is 5.13 Å². The number of anilines is 1. The van der Waals surface area contributed by atoms with E-state index >= 15 is 0 Å². The van der Waals surface area contributed by atoms with Crippen LogP contribution in [0.15, 0.2) is 28.7 Å². The number of ether oxygens (including phenoxy) is 1. The van der Waals surface area contributed by atoms with Gasteiger partial charge in [-0.15, -0.1) is 10.2 Å². The van der Waals surface area contributed by atoms with Gasteiger partial charge in [0.05, 0.1) is 13.2 Å². The monoisotopic (exact) mass is 339 g/mol. The van der Waals surface area contributed by atoms with Crippen LogP contribution in [0.4, 0.5) is 5.13 Å². The molecule has 1 aliphatic rings. The van der Waals surface area contributed by atoms with E-state index in [2.05, 4.69) is 43.2 Å². The number of hydrogen-bond donors (Lipinski definition) is 0. The zero-order chi connectivity index (χ0) is 13.2. The van der Waals surface area contributed by atoms with Crippen LogP contribution < -0.4 is 4.90 Å². The molecule has 0 bridgehead atoms. The topological polar surface area (TPSA) is 38.2 Å². The lowest BCUT2D eigenvalue weighted by atomic mass is 10.1. The van der Waals surface area contributed by atoms with Crippen LogP contribution in [-0.4, -0.2) is 29.9 Å². The first-order valence-electron chi connectivity index (χ1n) is 6.14. The van der Waals surface area contributed by atoms with Crippen molar-refractivity contribution < 1.29 is 4.74 Å². The summed E-state index contributed by atoms with van der Waals surface area (Å²) in [4.78, 5) is 2.25. The molecule has 1 aromatic heterocycles. The maximum atomic E-state index is 5.86. The minimum absolute atomic E-state index is 0.103. The summed E-state index contributed by atoms with van der Waals surface area (Å²) in [5, 5.41) is 10.3. The standard InChI is InChI=1S/C13H14BrN3OS/c1-9-15-16-13(19-9)17-6-7-18-12(8-17)10-2-4-11(14)5-3-10/h2-5,12H,6-8H2,1H3. The van der Waals surface area contributed by atoms with Gasteiger partial charge in [-0.3, -0.25) is 0 Å². The summed E-state index contributed by atoms with van der Waals surface area (Å²) in [6, 6.07) is 8.30. The van der Waals surface area contributed by atoms with E-state index in [4.69, 9.17) is 4.74 Å². The van der Waals surface area contributed by atoms with Gasteiger partial charge in [0.15, 0.2) is 0 Å². The van der Waals surface area contributed by atoms with Gasteiger partial charge in [0, 0.05) is 11.0 Å². The molecular formula is C13H14BrN3OS. The molecule has 6 heteroatoms. The second kappa shape index (κ2) is 5.56. The minimum atomic E-state index is 0.103. The molecule has 0 N–H and O–H groups in total. The molecule has 100 valence electrons. The van der Waals surface area contributed by atoms with Gasteiger partial charge in [-0.2, -0.15) is 0 Å². The Balaban J connectivity index is 1.76. The average molecular weight is 340 g/mol. The number of nitrogens with zero attached hydrogens (tertiary/aromatic N) is 3. The zero-order valence-corrected chi connectivity index (χ0v) is 12.9. The van der Waals surface area contributed by atoms with E-state index in [-0.39, 0.29) is 6.10 Å². The Morgan fingerprint density at radius 3 is 2.79 bits per heavy atom. The fraction of sp³-hybridized carbons (Fsp3) is 0.385. The van der Waals surface area contributed by atoms with Crippen molar-refractivity contribution in [1.29, 1.82) is 0 Å². The van der Waals surface area contributed by atoms with Gasteiger partial charge in [-0.1, -0.05) is 39.4 Å². The molecule has 1 saturated heterocycles. The summed E-state index contributed by atoms with van der Waals surface area (Å²) in [7, 11) is 0. The first-order chi connectivity index (χ1) is 9.22. The fourth-order valence-corrected chi connectivity index (χ4v) is 3.10. The maximum Gasteiger partial charge on any atom is 0.208 e. The first kappa shape index (κ1) is 13.0. The molecule has 1 fully saturated rings. The van der Waals surface area contributed by atoms with Crippen LogP contribution >= 0.6 is 27.3 Å². The van der Waals surface area contributed by atoms with E-state index in [1.165, 1.54) is 5.56 Å². The highest BCUT2D eigenvalue weighted by atomic mass is 79.9. The molecule has 0 amide bonds. The van der Waals surface area contributed by atoms with Gasteiger partial charge in [0.1, 0.15) is 11.1 Å². The molecule has 0 spiro atoms. The smallest absolute Gasteiger partial charge is 0.208 e. The fourth-order valence-electron chi connectivity index (χ4n) is 2.12. The molecule has 1 aromatic carbocycles. The predicted molar refractivity (Wildman–Crippen MR) is 79.7 cm³/mol. The van der Waals surface area contributed by atoms with Crippen molar-refractivity contribution in [2.45, 2.75) is 13.0 Å². The molecular weight excluding hydrogens is 326 g/mol. The summed E-state index contributed by atoms with van der Waals surface area (Å²) in [5.41, 5.74) is 1.20. The van der Waals surface area contributed by atoms with Gasteiger partial charge in [-0.25, -0.2) is 0 Å². The van der Waals surface area contributed by atoms with Crippen LogP contribution in [0.1, 0.15) is 16.7 Å². The molecule has 2 heterocycles. The largest absolute Gasteiger partial charge is 0.370 e. The lowest BCUT2D eigenvalue weighted by Gasteiger charge is -2.32. The minimum Gasteiger partial charge on any atom is -0.370 e. The van der Waals surface area contributed by atoms with Crippen LogP contribution in [0.3, 0.4) is 0 Å². The molecule has 2 aromatic rings. The van der Waals surface area contributed by atoms with Gasteiger partial charge in [0.25, 0.3) is 0 Å². The van der Waals surface area contributed by atoms with E-state index in [0.717, 1.165) is 34.3 Å². The van der Waals surface area contributed by atoms with E-state index < -0.39 is 0 Å². The molecule has 0 radical (unpaired) electrons. The highest BCUT2D eigenvalue weighted by molar-refractivity contribution is 9.10. The third-order valence-electron chi connectivity index (χ3n) is 3.09. The van der Waals surface area contributed by atoms with Crippen LogP contribution in [0.25, 0.3) is 0 Å². The van der Waals surface area contributed by atoms with Crippen LogP contribution in [0, 0.1) is 6.92 Å². The SMILES string of the molecule is Cc1nnc(N2CCOC(c3ccc(Br)cc3)C2)s1. The second-order valence-corrected chi connectivity index (χ2v) is 6.54. The molecule has 0 aliphatic carbocycles. The first-order valence-corrected chi connectivity index (χ1v) is 7.75. The number of halogens is 1. The third kappa shape index (κ3) is 2.96. The van der Waals surface area contributed by atoms with E-state index in [9.17, 15) is 0 Å². The van der Waals surface area contributed by atoms with Crippen molar-refractivity contribution in [3.8, 4) is 0 Å². The van der Waals surface area contributed by atoms with Gasteiger partial charge < -0.3 is 9.64 Å². The van der Waals surface area contributed by atoms with Gasteiger partial charge in [-0.05, 0) is 24.6 Å². The summed E-state index contributed by atoms with van der Waals surface area (Å²) in [5.74, 6) is 0. The van der Waals surface area contributed by atoms with E-state index in [1.807, 2.05) is 19.1 Å². The third-order valence-corrected chi connectivity index (χ3v) is 4.52. The number of morpholine rings is 1. The van der Waals surface area contributed by atoms with Crippen molar-refractivity contribution in [2.24, 2.45) is 0 Å². The van der Waals surface area contributed by atoms with E-state index in [0.29, 0.717) is 0 Å². The number of aromatic nitrogens is 2. The number of aryl methyl sites for hydroxylation is 1. The zero-order valence-electron chi connectivity index (χ0n) is 10.5. The number of hydrogen-bond acceptors (Lipinski definition) is 5. The highest BCUT2D eigenvalue weighted by Crippen LogP contribution is 2.28. The average Bonchev–Trinajstić information content (AvgIpc) is 2.86. The van der Waals surface area contributed by atoms with Crippen molar-refractivity contribution in [3.63, 3.8) is 0 Å².